The van der Waals surface area contributed by atoms with E-state index in [9.17, 15) is 0 Å². The largest absolute Gasteiger partial charge is 0.252 e. The van der Waals surface area contributed by atoms with E-state index in [1.165, 1.54) is 0 Å². The molecule has 0 aliphatic rings. The van der Waals surface area contributed by atoms with Crippen LogP contribution in [0.4, 0.5) is 0 Å². The molecule has 0 saturated carbocycles. The second-order valence-corrected chi connectivity index (χ2v) is 3.10. The van der Waals surface area contributed by atoms with E-state index in [4.69, 9.17) is 0 Å². The first-order valence-corrected chi connectivity index (χ1v) is 4.51. The Morgan fingerprint density at radius 3 is 2.60 bits per heavy atom. The summed E-state index contributed by atoms with van der Waals surface area (Å²) >= 11 is 0. The SMILES string of the molecule is c1ccc2nc(-c3cn[nH]n3)cnc2c1. The molecule has 1 N–H and O–H groups in total. The van der Waals surface area contributed by atoms with Crippen molar-refractivity contribution >= 4 is 11.0 Å². The van der Waals surface area contributed by atoms with E-state index >= 15 is 0 Å². The molecule has 0 unspecified atom stereocenters. The molecule has 2 heterocycles. The van der Waals surface area contributed by atoms with E-state index in [2.05, 4.69) is 25.4 Å². The average Bonchev–Trinajstić information content (AvgIpc) is 2.82. The molecule has 0 aliphatic heterocycles. The van der Waals surface area contributed by atoms with Crippen molar-refractivity contribution in [2.24, 2.45) is 0 Å². The van der Waals surface area contributed by atoms with Crippen LogP contribution < -0.4 is 0 Å². The smallest absolute Gasteiger partial charge is 0.132 e. The predicted octanol–water partition coefficient (Wildman–Crippen LogP) is 1.41. The first kappa shape index (κ1) is 8.05. The molecule has 0 bridgehead atoms. The first-order chi connectivity index (χ1) is 7.43. The summed E-state index contributed by atoms with van der Waals surface area (Å²) in [6.07, 6.45) is 3.32. The fraction of sp³-hybridized carbons (Fsp3) is 0. The molecule has 72 valence electrons. The van der Waals surface area contributed by atoms with Crippen LogP contribution in [0.15, 0.2) is 36.7 Å². The van der Waals surface area contributed by atoms with Crippen LogP contribution in [0.3, 0.4) is 0 Å². The Bertz CT molecular complexity index is 588. The topological polar surface area (TPSA) is 67.3 Å². The molecule has 0 amide bonds. The third-order valence-corrected chi connectivity index (χ3v) is 2.13. The van der Waals surface area contributed by atoms with Gasteiger partial charge in [0.2, 0.25) is 0 Å². The summed E-state index contributed by atoms with van der Waals surface area (Å²) in [5.74, 6) is 0. The Hall–Kier alpha value is -2.30. The zero-order valence-electron chi connectivity index (χ0n) is 7.75. The maximum atomic E-state index is 4.43. The highest BCUT2D eigenvalue weighted by atomic mass is 15.3. The lowest BCUT2D eigenvalue weighted by molar-refractivity contribution is 0.940. The quantitative estimate of drug-likeness (QED) is 0.640. The summed E-state index contributed by atoms with van der Waals surface area (Å²) in [5.41, 5.74) is 3.17. The molecule has 5 heteroatoms. The van der Waals surface area contributed by atoms with E-state index in [1.54, 1.807) is 12.4 Å². The second kappa shape index (κ2) is 3.13. The summed E-state index contributed by atoms with van der Waals surface area (Å²) in [5, 5.41) is 10.2. The van der Waals surface area contributed by atoms with Crippen molar-refractivity contribution in [3.63, 3.8) is 0 Å². The third kappa shape index (κ3) is 1.34. The van der Waals surface area contributed by atoms with E-state index < -0.39 is 0 Å². The van der Waals surface area contributed by atoms with Crippen molar-refractivity contribution in [1.29, 1.82) is 0 Å². The van der Waals surface area contributed by atoms with Crippen LogP contribution in [0, 0.1) is 0 Å². The molecule has 0 atom stereocenters. The zero-order chi connectivity index (χ0) is 10.1. The monoisotopic (exact) mass is 197 g/mol. The Balaban J connectivity index is 2.22. The van der Waals surface area contributed by atoms with Crippen LogP contribution in [-0.4, -0.2) is 25.4 Å². The Kier molecular flexibility index (Phi) is 1.68. The number of hydrogen-bond donors (Lipinski definition) is 1. The number of nitrogens with zero attached hydrogens (tertiary/aromatic N) is 4. The van der Waals surface area contributed by atoms with E-state index in [1.807, 2.05) is 24.3 Å². The zero-order valence-corrected chi connectivity index (χ0v) is 7.75. The van der Waals surface area contributed by atoms with Gasteiger partial charge in [-0.05, 0) is 12.1 Å². The van der Waals surface area contributed by atoms with Gasteiger partial charge in [-0.15, -0.1) is 0 Å². The lowest BCUT2D eigenvalue weighted by atomic mass is 10.3. The number of nitrogens with one attached hydrogen (secondary N) is 1. The first-order valence-electron chi connectivity index (χ1n) is 4.51. The van der Waals surface area contributed by atoms with Gasteiger partial charge in [0.25, 0.3) is 0 Å². The van der Waals surface area contributed by atoms with Gasteiger partial charge < -0.3 is 0 Å². The third-order valence-electron chi connectivity index (χ3n) is 2.13. The number of rotatable bonds is 1. The van der Waals surface area contributed by atoms with E-state index in [-0.39, 0.29) is 0 Å². The van der Waals surface area contributed by atoms with Crippen molar-refractivity contribution in [2.45, 2.75) is 0 Å². The number of hydrogen-bond acceptors (Lipinski definition) is 4. The molecule has 3 aromatic rings. The van der Waals surface area contributed by atoms with Crippen LogP contribution in [-0.2, 0) is 0 Å². The van der Waals surface area contributed by atoms with Crippen molar-refractivity contribution in [2.75, 3.05) is 0 Å². The predicted molar refractivity (Wildman–Crippen MR) is 54.9 cm³/mol. The molecular weight excluding hydrogens is 190 g/mol. The van der Waals surface area contributed by atoms with Crippen LogP contribution in [0.5, 0.6) is 0 Å². The highest BCUT2D eigenvalue weighted by molar-refractivity contribution is 5.76. The minimum atomic E-state index is 0.702. The van der Waals surface area contributed by atoms with E-state index in [0.29, 0.717) is 5.69 Å². The van der Waals surface area contributed by atoms with Crippen LogP contribution in [0.2, 0.25) is 0 Å². The van der Waals surface area contributed by atoms with Crippen LogP contribution in [0.1, 0.15) is 0 Å². The summed E-state index contributed by atoms with van der Waals surface area (Å²) in [6, 6.07) is 7.72. The Morgan fingerprint density at radius 2 is 1.80 bits per heavy atom. The summed E-state index contributed by atoms with van der Waals surface area (Å²) in [4.78, 5) is 8.73. The minimum Gasteiger partial charge on any atom is -0.252 e. The summed E-state index contributed by atoms with van der Waals surface area (Å²) in [6.45, 7) is 0. The van der Waals surface area contributed by atoms with Crippen molar-refractivity contribution in [3.05, 3.63) is 36.7 Å². The lowest BCUT2D eigenvalue weighted by Crippen LogP contribution is -1.88. The summed E-state index contributed by atoms with van der Waals surface area (Å²) in [7, 11) is 0. The van der Waals surface area contributed by atoms with Crippen molar-refractivity contribution in [3.8, 4) is 11.4 Å². The molecule has 0 radical (unpaired) electrons. The Labute approximate surface area is 85.2 Å². The normalized spacial score (nSPS) is 10.7. The highest BCUT2D eigenvalue weighted by Crippen LogP contribution is 2.15. The summed E-state index contributed by atoms with van der Waals surface area (Å²) < 4.78 is 0. The number of fused-ring (bicyclic) bond motifs is 1. The molecule has 0 saturated heterocycles. The average molecular weight is 197 g/mol. The molecule has 0 spiro atoms. The molecular formula is C10H7N5. The van der Waals surface area contributed by atoms with Crippen molar-refractivity contribution < 1.29 is 0 Å². The van der Waals surface area contributed by atoms with Gasteiger partial charge in [0, 0.05) is 0 Å². The lowest BCUT2D eigenvalue weighted by Gasteiger charge is -1.97. The van der Waals surface area contributed by atoms with Gasteiger partial charge in [-0.1, -0.05) is 12.1 Å². The maximum Gasteiger partial charge on any atom is 0.132 e. The molecule has 15 heavy (non-hydrogen) atoms. The fourth-order valence-electron chi connectivity index (χ4n) is 1.41. The van der Waals surface area contributed by atoms with Gasteiger partial charge in [-0.25, -0.2) is 4.98 Å². The van der Waals surface area contributed by atoms with Crippen LogP contribution >= 0.6 is 0 Å². The number of benzene rings is 1. The molecule has 2 aromatic heterocycles. The second-order valence-electron chi connectivity index (χ2n) is 3.10. The number of aromatic nitrogens is 5. The van der Waals surface area contributed by atoms with Gasteiger partial charge in [0.1, 0.15) is 11.4 Å². The minimum absolute atomic E-state index is 0.702. The standard InChI is InChI=1S/C10H7N5/c1-2-4-8-7(3-1)11-5-9(13-8)10-6-12-15-14-10/h1-6H,(H,12,14,15). The molecule has 5 nitrogen and oxygen atoms in total. The molecule has 0 aliphatic carbocycles. The highest BCUT2D eigenvalue weighted by Gasteiger charge is 2.03. The molecule has 0 fully saturated rings. The van der Waals surface area contributed by atoms with Gasteiger partial charge in [0.05, 0.1) is 23.4 Å². The van der Waals surface area contributed by atoms with Gasteiger partial charge in [-0.3, -0.25) is 4.98 Å². The van der Waals surface area contributed by atoms with Gasteiger partial charge in [0.15, 0.2) is 0 Å². The maximum absolute atomic E-state index is 4.43. The van der Waals surface area contributed by atoms with Gasteiger partial charge in [-0.2, -0.15) is 15.4 Å². The number of aromatic amines is 1. The number of para-hydroxylation sites is 2. The van der Waals surface area contributed by atoms with Crippen LogP contribution in [0.25, 0.3) is 22.4 Å². The van der Waals surface area contributed by atoms with E-state index in [0.717, 1.165) is 16.7 Å². The fourth-order valence-corrected chi connectivity index (χ4v) is 1.41. The molecule has 1 aromatic carbocycles. The number of H-pyrrole nitrogens is 1. The van der Waals surface area contributed by atoms with Crippen molar-refractivity contribution in [1.82, 2.24) is 25.4 Å². The van der Waals surface area contributed by atoms with Gasteiger partial charge >= 0.3 is 0 Å². The molecule has 3 rings (SSSR count). The Morgan fingerprint density at radius 1 is 0.933 bits per heavy atom.